The van der Waals surface area contributed by atoms with Crippen LogP contribution in [-0.2, 0) is 7.05 Å². The van der Waals surface area contributed by atoms with Gasteiger partial charge in [0.05, 0.1) is 18.8 Å². The van der Waals surface area contributed by atoms with Crippen LogP contribution >= 0.6 is 0 Å². The summed E-state index contributed by atoms with van der Waals surface area (Å²) in [5.74, 6) is 0.978. The molecule has 0 saturated carbocycles. The molecule has 1 aromatic carbocycles. The van der Waals surface area contributed by atoms with E-state index in [4.69, 9.17) is 0 Å². The number of rotatable bonds is 2. The summed E-state index contributed by atoms with van der Waals surface area (Å²) < 4.78 is 4.26. The molecule has 3 rings (SSSR count). The Morgan fingerprint density at radius 1 is 0.905 bits per heavy atom. The summed E-state index contributed by atoms with van der Waals surface area (Å²) in [5, 5.41) is 0. The van der Waals surface area contributed by atoms with Crippen molar-refractivity contribution in [1.29, 1.82) is 0 Å². The molecule has 3 aromatic rings. The molecule has 0 aliphatic rings. The third-order valence-corrected chi connectivity index (χ3v) is 3.80. The van der Waals surface area contributed by atoms with E-state index in [2.05, 4.69) is 70.6 Å². The zero-order valence-corrected chi connectivity index (χ0v) is 12.6. The largest absolute Gasteiger partial charge is 0.330 e. The monoisotopic (exact) mass is 277 g/mol. The van der Waals surface area contributed by atoms with E-state index in [1.807, 2.05) is 25.5 Å². The summed E-state index contributed by atoms with van der Waals surface area (Å²) in [7, 11) is 2.02. The van der Waals surface area contributed by atoms with Gasteiger partial charge in [0.2, 0.25) is 5.69 Å². The van der Waals surface area contributed by atoms with E-state index in [0.29, 0.717) is 0 Å². The van der Waals surface area contributed by atoms with E-state index in [1.54, 1.807) is 0 Å². The van der Waals surface area contributed by atoms with Crippen molar-refractivity contribution in [2.75, 3.05) is 0 Å². The van der Waals surface area contributed by atoms with E-state index in [9.17, 15) is 0 Å². The van der Waals surface area contributed by atoms with Crippen molar-refractivity contribution in [1.82, 2.24) is 4.98 Å². The summed E-state index contributed by atoms with van der Waals surface area (Å²) >= 11 is 0. The van der Waals surface area contributed by atoms with E-state index in [1.165, 1.54) is 16.9 Å². The van der Waals surface area contributed by atoms with Crippen LogP contribution in [0, 0.1) is 13.8 Å². The Balaban J connectivity index is 2.21. The van der Waals surface area contributed by atoms with E-state index in [0.717, 1.165) is 11.4 Å². The van der Waals surface area contributed by atoms with Gasteiger partial charge in [0.15, 0.2) is 11.9 Å². The lowest BCUT2D eigenvalue weighted by Gasteiger charge is -2.06. The average Bonchev–Trinajstić information content (AvgIpc) is 2.49. The molecule has 3 heteroatoms. The normalized spacial score (nSPS) is 10.6. The molecule has 0 spiro atoms. The van der Waals surface area contributed by atoms with Crippen molar-refractivity contribution in [3.63, 3.8) is 0 Å². The van der Waals surface area contributed by atoms with Gasteiger partial charge in [0, 0.05) is 36.8 Å². The molecule has 3 nitrogen and oxygen atoms in total. The van der Waals surface area contributed by atoms with Crippen LogP contribution in [0.4, 0.5) is 0 Å². The lowest BCUT2D eigenvalue weighted by molar-refractivity contribution is -0.663. The average molecular weight is 277 g/mol. The highest BCUT2D eigenvalue weighted by Gasteiger charge is 2.20. The molecule has 0 N–H and O–H groups in total. The lowest BCUT2D eigenvalue weighted by Crippen LogP contribution is -2.35. The fourth-order valence-corrected chi connectivity index (χ4v) is 2.63. The zero-order chi connectivity index (χ0) is 14.8. The standard InChI is InChI=1S/C18H19N3/c1-14-8-4-5-13-21(14)17-10-6-9-16(15(17)2)18-19-11-7-12-20(18)3/h4-13H,1-3H3/q+2. The first kappa shape index (κ1) is 13.4. The third-order valence-electron chi connectivity index (χ3n) is 3.80. The topological polar surface area (TPSA) is 20.6 Å². The molecule has 0 amide bonds. The van der Waals surface area contributed by atoms with Gasteiger partial charge in [-0.3, -0.25) is 0 Å². The zero-order valence-electron chi connectivity index (χ0n) is 12.6. The van der Waals surface area contributed by atoms with Gasteiger partial charge in [-0.15, -0.1) is 0 Å². The molecule has 0 bridgehead atoms. The second-order valence-electron chi connectivity index (χ2n) is 5.22. The van der Waals surface area contributed by atoms with Gasteiger partial charge < -0.3 is 0 Å². The van der Waals surface area contributed by atoms with Gasteiger partial charge in [-0.05, 0) is 18.0 Å². The Hall–Kier alpha value is -2.55. The van der Waals surface area contributed by atoms with Crippen LogP contribution < -0.4 is 9.13 Å². The number of aryl methyl sites for hydroxylation is 2. The highest BCUT2D eigenvalue weighted by molar-refractivity contribution is 5.61. The number of benzene rings is 1. The Morgan fingerprint density at radius 3 is 2.52 bits per heavy atom. The summed E-state index contributed by atoms with van der Waals surface area (Å²) in [4.78, 5) is 4.52. The van der Waals surface area contributed by atoms with Crippen molar-refractivity contribution < 1.29 is 9.13 Å². The fraction of sp³-hybridized carbons (Fsp3) is 0.167. The predicted molar refractivity (Wildman–Crippen MR) is 81.9 cm³/mol. The Morgan fingerprint density at radius 2 is 1.76 bits per heavy atom. The van der Waals surface area contributed by atoms with Crippen LogP contribution in [-0.4, -0.2) is 4.98 Å². The van der Waals surface area contributed by atoms with Crippen molar-refractivity contribution >= 4 is 0 Å². The number of pyridine rings is 1. The van der Waals surface area contributed by atoms with Crippen LogP contribution in [0.25, 0.3) is 17.1 Å². The van der Waals surface area contributed by atoms with Gasteiger partial charge in [-0.1, -0.05) is 12.1 Å². The summed E-state index contributed by atoms with van der Waals surface area (Å²) in [5.41, 5.74) is 4.79. The second kappa shape index (κ2) is 5.44. The van der Waals surface area contributed by atoms with E-state index in [-0.39, 0.29) is 0 Å². The minimum atomic E-state index is 0.978. The highest BCUT2D eigenvalue weighted by atomic mass is 15.0. The van der Waals surface area contributed by atoms with Crippen LogP contribution in [0.1, 0.15) is 11.3 Å². The molecule has 2 heterocycles. The van der Waals surface area contributed by atoms with Crippen LogP contribution in [0.3, 0.4) is 0 Å². The minimum absolute atomic E-state index is 0.978. The maximum absolute atomic E-state index is 4.52. The fourth-order valence-electron chi connectivity index (χ4n) is 2.63. The lowest BCUT2D eigenvalue weighted by atomic mass is 10.1. The van der Waals surface area contributed by atoms with Crippen LogP contribution in [0.2, 0.25) is 0 Å². The SMILES string of the molecule is Cc1c(-c2nccc[n+]2C)cccc1-[n+]1ccccc1C. The van der Waals surface area contributed by atoms with Gasteiger partial charge in [-0.2, -0.15) is 4.57 Å². The first-order chi connectivity index (χ1) is 10.2. The molecule has 0 aliphatic heterocycles. The first-order valence-electron chi connectivity index (χ1n) is 7.07. The number of aromatic nitrogens is 3. The molecular formula is C18H19N3+2. The third kappa shape index (κ3) is 2.42. The quantitative estimate of drug-likeness (QED) is 0.659. The highest BCUT2D eigenvalue weighted by Crippen LogP contribution is 2.21. The maximum Gasteiger partial charge on any atom is 0.330 e. The maximum atomic E-state index is 4.52. The Labute approximate surface area is 125 Å². The number of hydrogen-bond donors (Lipinski definition) is 0. The second-order valence-corrected chi connectivity index (χ2v) is 5.22. The molecular weight excluding hydrogens is 258 g/mol. The first-order valence-corrected chi connectivity index (χ1v) is 7.07. The van der Waals surface area contributed by atoms with Gasteiger partial charge in [-0.25, -0.2) is 4.57 Å². The van der Waals surface area contributed by atoms with Crippen LogP contribution in [0.5, 0.6) is 0 Å². The summed E-state index contributed by atoms with van der Waals surface area (Å²) in [6, 6.07) is 14.5. The van der Waals surface area contributed by atoms with E-state index < -0.39 is 0 Å². The Kier molecular flexibility index (Phi) is 3.48. The van der Waals surface area contributed by atoms with Crippen molar-refractivity contribution in [3.05, 3.63) is 72.3 Å². The minimum Gasteiger partial charge on any atom is -0.233 e. The molecule has 0 aliphatic carbocycles. The molecule has 0 unspecified atom stereocenters. The van der Waals surface area contributed by atoms with Gasteiger partial charge in [0.1, 0.15) is 6.20 Å². The van der Waals surface area contributed by atoms with Crippen molar-refractivity contribution in [2.45, 2.75) is 13.8 Å². The summed E-state index contributed by atoms with van der Waals surface area (Å²) in [6.07, 6.45) is 5.96. The molecule has 104 valence electrons. The van der Waals surface area contributed by atoms with Crippen molar-refractivity contribution in [3.8, 4) is 17.1 Å². The molecule has 2 aromatic heterocycles. The van der Waals surface area contributed by atoms with E-state index >= 15 is 0 Å². The smallest absolute Gasteiger partial charge is 0.233 e. The van der Waals surface area contributed by atoms with Gasteiger partial charge >= 0.3 is 5.82 Å². The molecule has 21 heavy (non-hydrogen) atoms. The van der Waals surface area contributed by atoms with Crippen LogP contribution in [0.15, 0.2) is 61.1 Å². The predicted octanol–water partition coefficient (Wildman–Crippen LogP) is 2.47. The molecule has 0 radical (unpaired) electrons. The Bertz CT molecular complexity index is 730. The number of nitrogens with zero attached hydrogens (tertiary/aromatic N) is 3. The molecule has 0 saturated heterocycles. The van der Waals surface area contributed by atoms with Gasteiger partial charge in [0.25, 0.3) is 0 Å². The van der Waals surface area contributed by atoms with Crippen molar-refractivity contribution in [2.24, 2.45) is 7.05 Å². The summed E-state index contributed by atoms with van der Waals surface area (Å²) in [6.45, 7) is 4.27. The molecule has 0 atom stereocenters. The number of hydrogen-bond acceptors (Lipinski definition) is 1. The molecule has 0 fully saturated rings.